The van der Waals surface area contributed by atoms with Crippen molar-refractivity contribution in [2.75, 3.05) is 31.1 Å². The van der Waals surface area contributed by atoms with E-state index in [1.54, 1.807) is 0 Å². The molecule has 0 spiro atoms. The third kappa shape index (κ3) is 4.14. The number of aromatic nitrogens is 2. The van der Waals surface area contributed by atoms with Crippen LogP contribution in [0.25, 0.3) is 10.2 Å². The zero-order chi connectivity index (χ0) is 20.4. The van der Waals surface area contributed by atoms with Gasteiger partial charge in [0.05, 0.1) is 5.39 Å². The first-order valence-corrected chi connectivity index (χ1v) is 12.3. The standard InChI is InChI=1S/C23H34N4OS/c1-4-6-11-19(28)26-12-14-27(15-13-26)22-20-17-9-7-8-10-18(17)29-23(20)25-21(24-22)16(3)5-2/h16H,4-15H2,1-3H3/t16-/m0/s1. The third-order valence-corrected chi connectivity index (χ3v) is 7.73. The van der Waals surface area contributed by atoms with E-state index in [4.69, 9.17) is 9.97 Å². The van der Waals surface area contributed by atoms with Gasteiger partial charge >= 0.3 is 0 Å². The van der Waals surface area contributed by atoms with Crippen LogP contribution in [0.15, 0.2) is 0 Å². The van der Waals surface area contributed by atoms with E-state index in [9.17, 15) is 4.79 Å². The molecular weight excluding hydrogens is 380 g/mol. The molecule has 29 heavy (non-hydrogen) atoms. The number of amides is 1. The zero-order valence-electron chi connectivity index (χ0n) is 18.2. The highest BCUT2D eigenvalue weighted by Crippen LogP contribution is 2.40. The number of hydrogen-bond donors (Lipinski definition) is 0. The van der Waals surface area contributed by atoms with Gasteiger partial charge in [-0.05, 0) is 44.1 Å². The number of hydrogen-bond acceptors (Lipinski definition) is 5. The lowest BCUT2D eigenvalue weighted by Gasteiger charge is -2.36. The summed E-state index contributed by atoms with van der Waals surface area (Å²) in [6.07, 6.45) is 8.71. The molecule has 0 aromatic carbocycles. The molecule has 1 aliphatic heterocycles. The van der Waals surface area contributed by atoms with Crippen LogP contribution in [0.3, 0.4) is 0 Å². The van der Waals surface area contributed by atoms with Gasteiger partial charge in [-0.3, -0.25) is 4.79 Å². The van der Waals surface area contributed by atoms with Crippen LogP contribution in [0.5, 0.6) is 0 Å². The number of unbranched alkanes of at least 4 members (excludes halogenated alkanes) is 1. The Labute approximate surface area is 178 Å². The van der Waals surface area contributed by atoms with Gasteiger partial charge < -0.3 is 9.80 Å². The highest BCUT2D eigenvalue weighted by atomic mass is 32.1. The molecule has 6 heteroatoms. The zero-order valence-corrected chi connectivity index (χ0v) is 19.0. The van der Waals surface area contributed by atoms with Crippen LogP contribution in [0, 0.1) is 0 Å². The van der Waals surface area contributed by atoms with E-state index in [1.807, 2.05) is 16.2 Å². The van der Waals surface area contributed by atoms with Gasteiger partial charge in [0.1, 0.15) is 16.5 Å². The van der Waals surface area contributed by atoms with Gasteiger partial charge in [-0.1, -0.05) is 27.2 Å². The van der Waals surface area contributed by atoms with Gasteiger partial charge in [0.15, 0.2) is 0 Å². The van der Waals surface area contributed by atoms with Gasteiger partial charge in [-0.25, -0.2) is 9.97 Å². The highest BCUT2D eigenvalue weighted by molar-refractivity contribution is 7.19. The molecule has 1 fully saturated rings. The molecule has 3 heterocycles. The van der Waals surface area contributed by atoms with E-state index in [-0.39, 0.29) is 0 Å². The first-order chi connectivity index (χ1) is 14.1. The molecule has 1 saturated heterocycles. The lowest BCUT2D eigenvalue weighted by Crippen LogP contribution is -2.49. The molecule has 1 amide bonds. The maximum Gasteiger partial charge on any atom is 0.222 e. The molecule has 0 saturated carbocycles. The van der Waals surface area contributed by atoms with E-state index in [0.29, 0.717) is 18.2 Å². The molecule has 2 aromatic heterocycles. The second-order valence-corrected chi connectivity index (χ2v) is 9.66. The van der Waals surface area contributed by atoms with Crippen molar-refractivity contribution in [3.63, 3.8) is 0 Å². The minimum atomic E-state index is 0.313. The number of carbonyl (C=O) groups is 1. The molecule has 0 unspecified atom stereocenters. The molecule has 0 N–H and O–H groups in total. The Morgan fingerprint density at radius 1 is 1.10 bits per heavy atom. The van der Waals surface area contributed by atoms with Crippen LogP contribution >= 0.6 is 11.3 Å². The van der Waals surface area contributed by atoms with Crippen molar-refractivity contribution in [1.29, 1.82) is 0 Å². The summed E-state index contributed by atoms with van der Waals surface area (Å²) in [5, 5.41) is 1.31. The average Bonchev–Trinajstić information content (AvgIpc) is 3.15. The number of aryl methyl sites for hydroxylation is 2. The van der Waals surface area contributed by atoms with Gasteiger partial charge in [0, 0.05) is 43.4 Å². The van der Waals surface area contributed by atoms with Gasteiger partial charge in [-0.2, -0.15) is 0 Å². The summed E-state index contributed by atoms with van der Waals surface area (Å²) in [6.45, 7) is 9.92. The number of rotatable bonds is 6. The van der Waals surface area contributed by atoms with Crippen molar-refractivity contribution < 1.29 is 4.79 Å². The largest absolute Gasteiger partial charge is 0.352 e. The predicted octanol–water partition coefficient (Wildman–Crippen LogP) is 4.92. The maximum absolute atomic E-state index is 12.4. The molecule has 2 aliphatic rings. The van der Waals surface area contributed by atoms with Crippen molar-refractivity contribution >= 4 is 33.3 Å². The van der Waals surface area contributed by atoms with Gasteiger partial charge in [-0.15, -0.1) is 11.3 Å². The third-order valence-electron chi connectivity index (χ3n) is 6.54. The molecule has 4 rings (SSSR count). The number of anilines is 1. The van der Waals surface area contributed by atoms with Crippen molar-refractivity contribution in [2.45, 2.75) is 78.1 Å². The fraction of sp³-hybridized carbons (Fsp3) is 0.696. The average molecular weight is 415 g/mol. The highest BCUT2D eigenvalue weighted by Gasteiger charge is 2.27. The summed E-state index contributed by atoms with van der Waals surface area (Å²) in [6, 6.07) is 0. The number of nitrogens with zero attached hydrogens (tertiary/aromatic N) is 4. The molecule has 2 aromatic rings. The summed E-state index contributed by atoms with van der Waals surface area (Å²) in [4.78, 5) is 29.7. The van der Waals surface area contributed by atoms with Crippen molar-refractivity contribution in [1.82, 2.24) is 14.9 Å². The number of thiophene rings is 1. The minimum absolute atomic E-state index is 0.313. The summed E-state index contributed by atoms with van der Waals surface area (Å²) in [5.74, 6) is 2.79. The molecule has 158 valence electrons. The lowest BCUT2D eigenvalue weighted by atomic mass is 9.96. The van der Waals surface area contributed by atoms with Gasteiger partial charge in [0.25, 0.3) is 0 Å². The minimum Gasteiger partial charge on any atom is -0.352 e. The summed E-state index contributed by atoms with van der Waals surface area (Å²) < 4.78 is 0. The van der Waals surface area contributed by atoms with Crippen molar-refractivity contribution in [3.8, 4) is 0 Å². The summed E-state index contributed by atoms with van der Waals surface area (Å²) >= 11 is 1.89. The molecule has 5 nitrogen and oxygen atoms in total. The topological polar surface area (TPSA) is 49.3 Å². The Morgan fingerprint density at radius 2 is 1.86 bits per heavy atom. The SMILES string of the molecule is CCCCC(=O)N1CCN(c2nc([C@@H](C)CC)nc3sc4c(c23)CCCC4)CC1. The molecule has 0 bridgehead atoms. The molecule has 0 radical (unpaired) electrons. The van der Waals surface area contributed by atoms with Crippen LogP contribution < -0.4 is 4.90 Å². The van der Waals surface area contributed by atoms with Crippen LogP contribution in [0.4, 0.5) is 5.82 Å². The molecule has 1 aliphatic carbocycles. The van der Waals surface area contributed by atoms with Crippen molar-refractivity contribution in [3.05, 3.63) is 16.3 Å². The summed E-state index contributed by atoms with van der Waals surface area (Å²) in [5.41, 5.74) is 1.50. The monoisotopic (exact) mass is 414 g/mol. The van der Waals surface area contributed by atoms with Crippen molar-refractivity contribution in [2.24, 2.45) is 0 Å². The van der Waals surface area contributed by atoms with E-state index in [1.165, 1.54) is 39.9 Å². The van der Waals surface area contributed by atoms with E-state index < -0.39 is 0 Å². The van der Waals surface area contributed by atoms with Crippen LogP contribution in [-0.2, 0) is 17.6 Å². The summed E-state index contributed by atoms with van der Waals surface area (Å²) in [7, 11) is 0. The lowest BCUT2D eigenvalue weighted by molar-refractivity contribution is -0.131. The first-order valence-electron chi connectivity index (χ1n) is 11.5. The number of fused-ring (bicyclic) bond motifs is 3. The molecule has 1 atom stereocenters. The fourth-order valence-electron chi connectivity index (χ4n) is 4.44. The fourth-order valence-corrected chi connectivity index (χ4v) is 5.70. The Bertz CT molecular complexity index is 869. The Morgan fingerprint density at radius 3 is 2.59 bits per heavy atom. The Hall–Kier alpha value is -1.69. The normalized spacial score (nSPS) is 18.2. The van der Waals surface area contributed by atoms with Gasteiger partial charge in [0.2, 0.25) is 5.91 Å². The van der Waals surface area contributed by atoms with E-state index >= 15 is 0 Å². The van der Waals surface area contributed by atoms with E-state index in [0.717, 1.165) is 63.5 Å². The second kappa shape index (κ2) is 8.99. The maximum atomic E-state index is 12.4. The van der Waals surface area contributed by atoms with E-state index in [2.05, 4.69) is 25.7 Å². The number of piperazine rings is 1. The predicted molar refractivity (Wildman–Crippen MR) is 121 cm³/mol. The van der Waals surface area contributed by atoms with Crippen LogP contribution in [0.2, 0.25) is 0 Å². The second-order valence-electron chi connectivity index (χ2n) is 8.58. The van der Waals surface area contributed by atoms with Crippen LogP contribution in [0.1, 0.15) is 81.5 Å². The smallest absolute Gasteiger partial charge is 0.222 e. The quantitative estimate of drug-likeness (QED) is 0.673. The van der Waals surface area contributed by atoms with Crippen LogP contribution in [-0.4, -0.2) is 47.0 Å². The molecular formula is C23H34N4OS. The Kier molecular flexibility index (Phi) is 6.38. The first kappa shape index (κ1) is 20.6. The number of carbonyl (C=O) groups excluding carboxylic acids is 1. The Balaban J connectivity index is 1.64.